The Hall–Kier alpha value is -2.04. The van der Waals surface area contributed by atoms with E-state index in [9.17, 15) is 4.79 Å². The lowest BCUT2D eigenvalue weighted by atomic mass is 9.90. The standard InChI is InChI=1S/C13H19N.C9H8ClNO2/c1-14-9-7-13(8-10-14)11-12-5-3-2-4-6-12;10-7-1-3-8(4-2-7)11-5-6-13-9(11)12/h2-6,13H,7-11H2,1H3;1-4H,5-6H2. The Balaban J connectivity index is 0.000000156. The van der Waals surface area contributed by atoms with Crippen molar-refractivity contribution in [3.05, 3.63) is 65.2 Å². The van der Waals surface area contributed by atoms with Gasteiger partial charge in [0, 0.05) is 10.7 Å². The van der Waals surface area contributed by atoms with Crippen LogP contribution in [0.25, 0.3) is 0 Å². The molecular formula is C22H27ClN2O2. The van der Waals surface area contributed by atoms with E-state index in [1.165, 1.54) is 37.9 Å². The first-order valence-electron chi connectivity index (χ1n) is 9.54. The fraction of sp³-hybridized carbons (Fsp3) is 0.409. The molecular weight excluding hydrogens is 360 g/mol. The number of amides is 1. The second-order valence-corrected chi connectivity index (χ2v) is 7.62. The molecule has 5 heteroatoms. The van der Waals surface area contributed by atoms with Crippen LogP contribution >= 0.6 is 11.6 Å². The van der Waals surface area contributed by atoms with Crippen molar-refractivity contribution in [3.63, 3.8) is 0 Å². The first kappa shape index (κ1) is 19.7. The maximum absolute atomic E-state index is 11.1. The van der Waals surface area contributed by atoms with Crippen molar-refractivity contribution in [3.8, 4) is 0 Å². The SMILES string of the molecule is CN1CCC(Cc2ccccc2)CC1.O=C1OCCN1c1ccc(Cl)cc1. The van der Waals surface area contributed by atoms with Crippen LogP contribution in [0.15, 0.2) is 54.6 Å². The highest BCUT2D eigenvalue weighted by atomic mass is 35.5. The fourth-order valence-corrected chi connectivity index (χ4v) is 3.59. The Morgan fingerprint density at radius 3 is 2.26 bits per heavy atom. The van der Waals surface area contributed by atoms with Crippen LogP contribution < -0.4 is 4.90 Å². The average molecular weight is 387 g/mol. The van der Waals surface area contributed by atoms with Crippen molar-refractivity contribution in [1.29, 1.82) is 0 Å². The number of halogens is 1. The van der Waals surface area contributed by atoms with Gasteiger partial charge in [-0.05, 0) is 75.1 Å². The summed E-state index contributed by atoms with van der Waals surface area (Å²) >= 11 is 5.72. The molecule has 2 saturated heterocycles. The molecule has 4 nitrogen and oxygen atoms in total. The number of rotatable bonds is 3. The van der Waals surface area contributed by atoms with Gasteiger partial charge in [0.05, 0.1) is 6.54 Å². The zero-order chi connectivity index (χ0) is 19.1. The van der Waals surface area contributed by atoms with E-state index in [0.717, 1.165) is 11.6 Å². The predicted octanol–water partition coefficient (Wildman–Crippen LogP) is 4.87. The highest BCUT2D eigenvalue weighted by Crippen LogP contribution is 2.21. The van der Waals surface area contributed by atoms with Crippen LogP contribution in [0.4, 0.5) is 10.5 Å². The van der Waals surface area contributed by atoms with Gasteiger partial charge in [0.2, 0.25) is 0 Å². The van der Waals surface area contributed by atoms with Gasteiger partial charge in [0.1, 0.15) is 6.61 Å². The quantitative estimate of drug-likeness (QED) is 0.754. The van der Waals surface area contributed by atoms with E-state index in [4.69, 9.17) is 16.3 Å². The van der Waals surface area contributed by atoms with Gasteiger partial charge in [0.15, 0.2) is 0 Å². The van der Waals surface area contributed by atoms with Crippen molar-refractivity contribution in [1.82, 2.24) is 4.90 Å². The summed E-state index contributed by atoms with van der Waals surface area (Å²) < 4.78 is 4.80. The monoisotopic (exact) mass is 386 g/mol. The minimum absolute atomic E-state index is 0.290. The van der Waals surface area contributed by atoms with Crippen molar-refractivity contribution in [2.45, 2.75) is 19.3 Å². The molecule has 2 aromatic rings. The molecule has 0 aromatic heterocycles. The van der Waals surface area contributed by atoms with Gasteiger partial charge in [-0.15, -0.1) is 0 Å². The maximum atomic E-state index is 11.1. The third kappa shape index (κ3) is 5.98. The second-order valence-electron chi connectivity index (χ2n) is 7.18. The summed E-state index contributed by atoms with van der Waals surface area (Å²) in [6.07, 6.45) is 3.72. The van der Waals surface area contributed by atoms with Crippen molar-refractivity contribution in [2.75, 3.05) is 38.2 Å². The van der Waals surface area contributed by atoms with Gasteiger partial charge in [-0.1, -0.05) is 41.9 Å². The summed E-state index contributed by atoms with van der Waals surface area (Å²) in [5.74, 6) is 0.911. The number of piperidine rings is 1. The zero-order valence-electron chi connectivity index (χ0n) is 15.8. The molecule has 0 saturated carbocycles. The molecule has 1 amide bonds. The third-order valence-corrected chi connectivity index (χ3v) is 5.36. The summed E-state index contributed by atoms with van der Waals surface area (Å²) in [6, 6.07) is 18.0. The molecule has 0 radical (unpaired) electrons. The molecule has 0 atom stereocenters. The Bertz CT molecular complexity index is 713. The normalized spacial score (nSPS) is 18.0. The van der Waals surface area contributed by atoms with Gasteiger partial charge in [0.25, 0.3) is 0 Å². The minimum atomic E-state index is -0.290. The van der Waals surface area contributed by atoms with Gasteiger partial charge in [-0.25, -0.2) is 4.79 Å². The van der Waals surface area contributed by atoms with E-state index in [0.29, 0.717) is 18.2 Å². The number of ether oxygens (including phenoxy) is 1. The van der Waals surface area contributed by atoms with Gasteiger partial charge in [-0.3, -0.25) is 4.90 Å². The molecule has 27 heavy (non-hydrogen) atoms. The lowest BCUT2D eigenvalue weighted by Gasteiger charge is -2.28. The van der Waals surface area contributed by atoms with E-state index in [2.05, 4.69) is 42.3 Å². The predicted molar refractivity (Wildman–Crippen MR) is 111 cm³/mol. The summed E-state index contributed by atoms with van der Waals surface area (Å²) in [6.45, 7) is 3.62. The van der Waals surface area contributed by atoms with Crippen molar-refractivity contribution < 1.29 is 9.53 Å². The average Bonchev–Trinajstić information content (AvgIpc) is 3.12. The number of likely N-dealkylation sites (tertiary alicyclic amines) is 1. The molecule has 2 fully saturated rings. The summed E-state index contributed by atoms with van der Waals surface area (Å²) in [5.41, 5.74) is 2.33. The minimum Gasteiger partial charge on any atom is -0.447 e. The molecule has 2 aliphatic heterocycles. The van der Waals surface area contributed by atoms with Crippen LogP contribution in [0.5, 0.6) is 0 Å². The number of benzene rings is 2. The van der Waals surface area contributed by atoms with E-state index < -0.39 is 0 Å². The van der Waals surface area contributed by atoms with E-state index in [-0.39, 0.29) is 6.09 Å². The van der Waals surface area contributed by atoms with Crippen LogP contribution in [0.2, 0.25) is 5.02 Å². The summed E-state index contributed by atoms with van der Waals surface area (Å²) in [7, 11) is 2.22. The number of hydrogen-bond donors (Lipinski definition) is 0. The molecule has 0 N–H and O–H groups in total. The van der Waals surface area contributed by atoms with Gasteiger partial charge < -0.3 is 9.64 Å². The molecule has 0 spiro atoms. The van der Waals surface area contributed by atoms with Crippen LogP contribution in [-0.2, 0) is 11.2 Å². The van der Waals surface area contributed by atoms with Gasteiger partial charge in [-0.2, -0.15) is 0 Å². The summed E-state index contributed by atoms with van der Waals surface area (Å²) in [4.78, 5) is 15.1. The number of hydrogen-bond acceptors (Lipinski definition) is 3. The second kappa shape index (κ2) is 9.77. The Morgan fingerprint density at radius 2 is 1.67 bits per heavy atom. The third-order valence-electron chi connectivity index (χ3n) is 5.10. The molecule has 144 valence electrons. The number of nitrogens with zero attached hydrogens (tertiary/aromatic N) is 2. The lowest BCUT2D eigenvalue weighted by molar-refractivity contribution is 0.181. The summed E-state index contributed by atoms with van der Waals surface area (Å²) in [5, 5.41) is 0.663. The first-order chi connectivity index (χ1) is 13.1. The smallest absolute Gasteiger partial charge is 0.414 e. The van der Waals surface area contributed by atoms with Crippen LogP contribution in [-0.4, -0.2) is 44.3 Å². The molecule has 4 rings (SSSR count). The molecule has 2 aliphatic rings. The Kier molecular flexibility index (Phi) is 7.13. The van der Waals surface area contributed by atoms with Gasteiger partial charge >= 0.3 is 6.09 Å². The largest absolute Gasteiger partial charge is 0.447 e. The lowest BCUT2D eigenvalue weighted by Crippen LogP contribution is -2.30. The van der Waals surface area contributed by atoms with Crippen LogP contribution in [0.3, 0.4) is 0 Å². The maximum Gasteiger partial charge on any atom is 0.414 e. The Morgan fingerprint density at radius 1 is 1.00 bits per heavy atom. The van der Waals surface area contributed by atoms with Crippen LogP contribution in [0.1, 0.15) is 18.4 Å². The molecule has 0 bridgehead atoms. The highest BCUT2D eigenvalue weighted by Gasteiger charge is 2.23. The van der Waals surface area contributed by atoms with Crippen LogP contribution in [0, 0.1) is 5.92 Å². The van der Waals surface area contributed by atoms with Crippen molar-refractivity contribution in [2.24, 2.45) is 5.92 Å². The van der Waals surface area contributed by atoms with E-state index in [1.807, 2.05) is 0 Å². The first-order valence-corrected chi connectivity index (χ1v) is 9.92. The topological polar surface area (TPSA) is 32.8 Å². The molecule has 2 aromatic carbocycles. The number of cyclic esters (lactones) is 1. The zero-order valence-corrected chi connectivity index (χ0v) is 16.6. The number of carbonyl (C=O) groups excluding carboxylic acids is 1. The number of anilines is 1. The Labute approximate surface area is 166 Å². The van der Waals surface area contributed by atoms with Crippen molar-refractivity contribution >= 4 is 23.4 Å². The molecule has 0 unspecified atom stereocenters. The number of carbonyl (C=O) groups is 1. The van der Waals surface area contributed by atoms with E-state index in [1.54, 1.807) is 29.2 Å². The highest BCUT2D eigenvalue weighted by molar-refractivity contribution is 6.30. The molecule has 0 aliphatic carbocycles. The molecule has 2 heterocycles. The van der Waals surface area contributed by atoms with E-state index >= 15 is 0 Å². The fourth-order valence-electron chi connectivity index (χ4n) is 3.46.